The zero-order valence-corrected chi connectivity index (χ0v) is 39.9. The molecule has 0 radical (unpaired) electrons. The van der Waals surface area contributed by atoms with Gasteiger partial charge in [-0.05, 0) is 184 Å². The Labute approximate surface area is 377 Å². The molecule has 9 heteroatoms. The summed E-state index contributed by atoms with van der Waals surface area (Å²) in [5, 5.41) is 0. The number of benzene rings is 6. The van der Waals surface area contributed by atoms with Crippen molar-refractivity contribution in [3.05, 3.63) is 112 Å². The van der Waals surface area contributed by atoms with Crippen LogP contribution in [0, 0.1) is 41.5 Å². The highest BCUT2D eigenvalue weighted by molar-refractivity contribution is 7.81. The first kappa shape index (κ1) is 44.2. The van der Waals surface area contributed by atoms with Crippen molar-refractivity contribution in [3.63, 3.8) is 0 Å². The molecule has 0 N–H and O–H groups in total. The Morgan fingerprint density at radius 2 is 0.741 bits per heavy atom. The van der Waals surface area contributed by atoms with Gasteiger partial charge in [-0.15, -0.1) is 75.8 Å². The van der Waals surface area contributed by atoms with Crippen LogP contribution in [0.4, 0.5) is 0 Å². The quantitative estimate of drug-likeness (QED) is 0.0681. The summed E-state index contributed by atoms with van der Waals surface area (Å²) in [4.78, 5) is 16.8. The second-order valence-corrected chi connectivity index (χ2v) is 19.1. The van der Waals surface area contributed by atoms with Gasteiger partial charge < -0.3 is 9.47 Å². The normalized spacial score (nSPS) is 11.6. The number of carbonyl (C=O) groups is 1. The maximum atomic E-state index is 11.7. The number of hydrogen-bond acceptors (Lipinski definition) is 9. The molecule has 0 aromatic heterocycles. The number of methoxy groups -OCH3 is 1. The number of aryl methyl sites for hydroxylation is 6. The lowest BCUT2D eigenvalue weighted by molar-refractivity contribution is -0.142. The lowest BCUT2D eigenvalue weighted by Gasteiger charge is -2.23. The van der Waals surface area contributed by atoms with Crippen molar-refractivity contribution < 1.29 is 14.3 Å². The van der Waals surface area contributed by atoms with E-state index in [1.807, 2.05) is 19.1 Å². The summed E-state index contributed by atoms with van der Waals surface area (Å²) in [6.07, 6.45) is 0. The van der Waals surface area contributed by atoms with Gasteiger partial charge in [0.2, 0.25) is 0 Å². The van der Waals surface area contributed by atoms with Crippen molar-refractivity contribution in [2.24, 2.45) is 0 Å². The molecule has 300 valence electrons. The number of carbonyl (C=O) groups excluding carboxylic acids is 1. The predicted octanol–water partition coefficient (Wildman–Crippen LogP) is 14.5. The van der Waals surface area contributed by atoms with Crippen molar-refractivity contribution in [3.8, 4) is 61.4 Å². The topological polar surface area (TPSA) is 35.5 Å². The largest absolute Gasteiger partial charge is 0.480 e. The first-order valence-corrected chi connectivity index (χ1v) is 21.6. The molecule has 0 fully saturated rings. The third-order valence-electron chi connectivity index (χ3n) is 10.7. The molecular weight excluding hydrogens is 829 g/mol. The fourth-order valence-electron chi connectivity index (χ4n) is 8.01. The molecule has 6 aromatic rings. The Bertz CT molecular complexity index is 2500. The first-order chi connectivity index (χ1) is 27.2. The highest BCUT2D eigenvalue weighted by Gasteiger charge is 2.21. The summed E-state index contributed by atoms with van der Waals surface area (Å²) in [6.45, 7) is 19.1. The maximum absolute atomic E-state index is 11.7. The van der Waals surface area contributed by atoms with Gasteiger partial charge >= 0.3 is 5.97 Å². The van der Waals surface area contributed by atoms with Gasteiger partial charge in [0, 0.05) is 29.4 Å². The Balaban J connectivity index is 1.32. The maximum Gasteiger partial charge on any atom is 0.343 e. The van der Waals surface area contributed by atoms with Crippen LogP contribution < -0.4 is 4.74 Å². The van der Waals surface area contributed by atoms with Crippen LogP contribution in [0.2, 0.25) is 0 Å². The van der Waals surface area contributed by atoms with E-state index in [9.17, 15) is 4.79 Å². The monoisotopic (exact) mass is 878 g/mol. The number of thiol groups is 6. The van der Waals surface area contributed by atoms with E-state index < -0.39 is 5.97 Å². The fourth-order valence-corrected chi connectivity index (χ4v) is 10.6. The minimum atomic E-state index is -0.451. The molecule has 0 aliphatic rings. The van der Waals surface area contributed by atoms with E-state index in [0.717, 1.165) is 108 Å². The number of esters is 1. The zero-order chi connectivity index (χ0) is 42.5. The van der Waals surface area contributed by atoms with Gasteiger partial charge in [-0.2, -0.15) is 0 Å². The minimum absolute atomic E-state index is 0.0419. The summed E-state index contributed by atoms with van der Waals surface area (Å²) >= 11 is 29.8. The van der Waals surface area contributed by atoms with Gasteiger partial charge in [-0.1, -0.05) is 51.1 Å². The lowest BCUT2D eigenvalue weighted by Crippen LogP contribution is -2.13. The second kappa shape index (κ2) is 17.3. The van der Waals surface area contributed by atoms with Gasteiger partial charge in [0.15, 0.2) is 6.61 Å². The van der Waals surface area contributed by atoms with Gasteiger partial charge in [0.05, 0.1) is 7.11 Å². The average molecular weight is 879 g/mol. The Morgan fingerprint density at radius 1 is 0.448 bits per heavy atom. The van der Waals surface area contributed by atoms with Gasteiger partial charge in [0.25, 0.3) is 0 Å². The van der Waals surface area contributed by atoms with E-state index in [0.29, 0.717) is 10.6 Å². The van der Waals surface area contributed by atoms with E-state index in [2.05, 4.69) is 129 Å². The van der Waals surface area contributed by atoms with Crippen molar-refractivity contribution in [2.45, 2.75) is 97.1 Å². The van der Waals surface area contributed by atoms with Crippen molar-refractivity contribution in [1.82, 2.24) is 0 Å². The van der Waals surface area contributed by atoms with Gasteiger partial charge in [-0.25, -0.2) is 4.79 Å². The van der Waals surface area contributed by atoms with Crippen LogP contribution in [0.1, 0.15) is 59.7 Å². The minimum Gasteiger partial charge on any atom is -0.480 e. The van der Waals surface area contributed by atoms with E-state index in [-0.39, 0.29) is 12.0 Å². The molecule has 6 rings (SSSR count). The van der Waals surface area contributed by atoms with Crippen LogP contribution in [0.5, 0.6) is 5.75 Å². The van der Waals surface area contributed by atoms with Gasteiger partial charge in [0.1, 0.15) is 5.75 Å². The molecule has 0 bridgehead atoms. The molecule has 0 unspecified atom stereocenters. The predicted molar refractivity (Wildman–Crippen MR) is 262 cm³/mol. The highest BCUT2D eigenvalue weighted by atomic mass is 32.1. The average Bonchev–Trinajstić information content (AvgIpc) is 3.09. The number of ether oxygens (including phenoxy) is 2. The smallest absolute Gasteiger partial charge is 0.343 e. The number of hydrogen-bond donors (Lipinski definition) is 6. The molecule has 0 spiro atoms. The molecule has 0 aliphatic heterocycles. The van der Waals surface area contributed by atoms with E-state index in [4.69, 9.17) is 72.6 Å². The summed E-state index contributed by atoms with van der Waals surface area (Å²) in [6, 6.07) is 25.8. The Morgan fingerprint density at radius 3 is 1.02 bits per heavy atom. The van der Waals surface area contributed by atoms with E-state index in [1.54, 1.807) is 0 Å². The number of rotatable bonds is 8. The summed E-state index contributed by atoms with van der Waals surface area (Å²) in [5.41, 5.74) is 18.4. The summed E-state index contributed by atoms with van der Waals surface area (Å²) in [5.74, 6) is 0.0984. The second-order valence-electron chi connectivity index (χ2n) is 16.2. The Kier molecular flexibility index (Phi) is 13.2. The molecule has 0 aliphatic carbocycles. The molecule has 0 heterocycles. The van der Waals surface area contributed by atoms with Crippen molar-refractivity contribution in [1.29, 1.82) is 0 Å². The lowest BCUT2D eigenvalue weighted by atomic mass is 9.84. The third-order valence-corrected chi connectivity index (χ3v) is 12.8. The molecule has 0 saturated heterocycles. The zero-order valence-electron chi connectivity index (χ0n) is 34.5. The van der Waals surface area contributed by atoms with Crippen LogP contribution in [-0.2, 0) is 14.9 Å². The molecule has 6 aromatic carbocycles. The SMILES string of the molecule is COC(=O)COc1c(C)cc(-c2c(C)cc(-c3c(C)cc(-c4c(C)cc(-c5c(C)cc(-c6c(C)cc(C(C)(C)C)cc6S)cc5S)cc4S)cc3S)cc2S)cc1S. The first-order valence-electron chi connectivity index (χ1n) is 18.9. The fraction of sp³-hybridized carbons (Fsp3) is 0.245. The van der Waals surface area contributed by atoms with Crippen LogP contribution in [0.25, 0.3) is 55.6 Å². The van der Waals surface area contributed by atoms with E-state index in [1.165, 1.54) is 18.2 Å². The summed E-state index contributed by atoms with van der Waals surface area (Å²) in [7, 11) is 1.33. The highest BCUT2D eigenvalue weighted by Crippen LogP contribution is 2.45. The van der Waals surface area contributed by atoms with Crippen LogP contribution in [-0.4, -0.2) is 19.7 Å². The van der Waals surface area contributed by atoms with Crippen LogP contribution in [0.15, 0.2) is 102 Å². The van der Waals surface area contributed by atoms with Gasteiger partial charge in [-0.3, -0.25) is 0 Å². The van der Waals surface area contributed by atoms with Crippen LogP contribution >= 0.6 is 75.8 Å². The van der Waals surface area contributed by atoms with E-state index >= 15 is 0 Å². The molecule has 58 heavy (non-hydrogen) atoms. The molecule has 3 nitrogen and oxygen atoms in total. The van der Waals surface area contributed by atoms with Crippen molar-refractivity contribution >= 4 is 81.7 Å². The van der Waals surface area contributed by atoms with Crippen LogP contribution in [0.3, 0.4) is 0 Å². The Hall–Kier alpha value is -3.31. The third kappa shape index (κ3) is 8.91. The molecular formula is C49H50O3S6. The summed E-state index contributed by atoms with van der Waals surface area (Å²) < 4.78 is 10.4. The molecule has 0 amide bonds. The molecule has 0 atom stereocenters. The standard InChI is InChI=1S/C49H50O3S6/c1-24-12-31(45-26(3)14-33(20-38(45)55)47-28(5)16-35(22-40(47)57)49(7,8)9)18-36(53)43(24)30-11-25(2)44(37(54)17-30)32-13-27(4)46(39(56)19-32)34-15-29(6)48(41(58)21-34)52-23-42(50)51-10/h11-22,53-58H,23H2,1-10H3. The van der Waals surface area contributed by atoms with Crippen molar-refractivity contribution in [2.75, 3.05) is 13.7 Å². The molecule has 0 saturated carbocycles.